The van der Waals surface area contributed by atoms with Crippen molar-refractivity contribution >= 4 is 11.4 Å². The van der Waals surface area contributed by atoms with Crippen LogP contribution in [-0.4, -0.2) is 10.7 Å². The number of rotatable bonds is 64. The SMILES string of the molecule is CCCCCCC(=C=[N+]=[N-])C(CCCCC)=C(c1ccc(CCCC)cc1)c1cccc(CCCC)c1.CCCCCCCCCCCCCCCCCCCCCCC[CH2][Ni][CH2]CCCCCCCCCCCCCCCCCCCCCCC. The van der Waals surface area contributed by atoms with Crippen molar-refractivity contribution in [1.29, 1.82) is 0 Å². The van der Waals surface area contributed by atoms with E-state index in [1.54, 1.807) is 0 Å². The van der Waals surface area contributed by atoms with Crippen LogP contribution >= 0.6 is 0 Å². The maximum absolute atomic E-state index is 9.61. The fourth-order valence-electron chi connectivity index (χ4n) is 12.7. The molecule has 2 rings (SSSR count). The molecule has 0 saturated carbocycles. The van der Waals surface area contributed by atoms with Crippen molar-refractivity contribution in [3.63, 3.8) is 0 Å². The summed E-state index contributed by atoms with van der Waals surface area (Å²) in [6.07, 6.45) is 82.4. The number of unbranched alkanes of at least 4 members (excludes halogenated alkanes) is 49. The van der Waals surface area contributed by atoms with Gasteiger partial charge in [-0.05, 0) is 84.8 Å². The van der Waals surface area contributed by atoms with Gasteiger partial charge in [0.2, 0.25) is 0 Å². The topological polar surface area (TPSA) is 36.4 Å². The monoisotopic (exact) mass is 1230 g/mol. The zero-order chi connectivity index (χ0) is 62.0. The first-order valence-electron chi connectivity index (χ1n) is 38.9. The average molecular weight is 1230 g/mol. The fourth-order valence-corrected chi connectivity index (χ4v) is 13.9. The van der Waals surface area contributed by atoms with Gasteiger partial charge in [-0.25, -0.2) is 0 Å². The Kier molecular flexibility index (Phi) is 64.0. The first-order valence-corrected chi connectivity index (χ1v) is 40.3. The van der Waals surface area contributed by atoms with Crippen molar-refractivity contribution in [2.75, 3.05) is 0 Å². The fraction of sp³-hybridized carbons (Fsp3) is 0.807. The molecule has 0 aromatic heterocycles. The van der Waals surface area contributed by atoms with Crippen LogP contribution in [0.4, 0.5) is 0 Å². The molecule has 0 bridgehead atoms. The molecule has 0 unspecified atom stereocenters. The first-order chi connectivity index (χ1) is 42.6. The van der Waals surface area contributed by atoms with E-state index in [2.05, 4.69) is 115 Å². The van der Waals surface area contributed by atoms with Gasteiger partial charge in [-0.3, -0.25) is 0 Å². The van der Waals surface area contributed by atoms with Crippen LogP contribution in [-0.2, 0) is 27.3 Å². The van der Waals surface area contributed by atoms with Crippen LogP contribution in [0.3, 0.4) is 0 Å². The number of hydrogen-bond acceptors (Lipinski definition) is 0. The number of aryl methyl sites for hydroxylation is 2. The molecule has 0 N–H and O–H groups in total. The molecule has 0 aliphatic rings. The molecule has 0 aliphatic carbocycles. The Hall–Kier alpha value is -2.17. The molecule has 0 heterocycles. The van der Waals surface area contributed by atoms with E-state index in [1.165, 1.54) is 384 Å². The van der Waals surface area contributed by atoms with E-state index in [0.717, 1.165) is 44.1 Å². The molecule has 2 nitrogen and oxygen atoms in total. The van der Waals surface area contributed by atoms with Crippen molar-refractivity contribution in [1.82, 2.24) is 0 Å². The molecule has 3 heteroatoms. The minimum atomic E-state index is 0.902. The predicted octanol–water partition coefficient (Wildman–Crippen LogP) is 29.7. The van der Waals surface area contributed by atoms with Gasteiger partial charge in [-0.1, -0.05) is 276 Å². The Bertz CT molecular complexity index is 1770. The van der Waals surface area contributed by atoms with Crippen LogP contribution in [0.5, 0.6) is 0 Å². The standard InChI is InChI=1S/C35H50N2.2C24H49.Ni/c1-5-9-13-15-20-33(28-37-36)34(22-14-10-6-2)35(31-25-23-29(24-26-31)17-11-7-3)32-21-16-19-30(27-32)18-12-8-4;2*1-3-5-7-9-11-13-15-17-19-21-23-24-22-20-18-16-14-12-10-8-6-4-2;/h16,19,21,23-27H,5-15,17-18,20,22H2,1-4H3;2*1,3-24H2,2H3;. The first kappa shape index (κ1) is 81.8. The third-order valence-electron chi connectivity index (χ3n) is 18.4. The average Bonchev–Trinajstić information content (AvgIpc) is 1.72. The van der Waals surface area contributed by atoms with Crippen molar-refractivity contribution < 1.29 is 19.2 Å². The summed E-state index contributed by atoms with van der Waals surface area (Å²) in [6.45, 7) is 13.6. The van der Waals surface area contributed by atoms with Crippen LogP contribution in [0, 0.1) is 0 Å². The van der Waals surface area contributed by atoms with Gasteiger partial charge < -0.3 is 5.53 Å². The Morgan fingerprint density at radius 3 is 0.965 bits per heavy atom. The van der Waals surface area contributed by atoms with E-state index >= 15 is 0 Å². The molecular weight excluding hydrogens is 1080 g/mol. The summed E-state index contributed by atoms with van der Waals surface area (Å²) >= 11 is 2.05. The molecule has 0 amide bonds. The summed E-state index contributed by atoms with van der Waals surface area (Å²) < 4.78 is 0. The maximum atomic E-state index is 9.61. The second-order valence-electron chi connectivity index (χ2n) is 26.7. The molecule has 0 radical (unpaired) electrons. The van der Waals surface area contributed by atoms with Crippen molar-refractivity contribution in [3.05, 3.63) is 87.5 Å². The third-order valence-corrected chi connectivity index (χ3v) is 19.8. The number of allylic oxidation sites excluding steroid dienone is 2. The number of hydrogen-bond donors (Lipinski definition) is 0. The van der Waals surface area contributed by atoms with Crippen LogP contribution in [0.25, 0.3) is 11.1 Å². The van der Waals surface area contributed by atoms with Gasteiger partial charge >= 0.3 is 172 Å². The number of benzene rings is 2. The zero-order valence-electron chi connectivity index (χ0n) is 59.0. The molecule has 0 saturated heterocycles. The van der Waals surface area contributed by atoms with Gasteiger partial charge in [0, 0.05) is 0 Å². The Morgan fingerprint density at radius 2 is 0.616 bits per heavy atom. The van der Waals surface area contributed by atoms with E-state index in [0.29, 0.717) is 0 Å². The van der Waals surface area contributed by atoms with Crippen LogP contribution in [0.2, 0.25) is 10.8 Å². The van der Waals surface area contributed by atoms with Gasteiger partial charge in [0.25, 0.3) is 0 Å². The molecule has 2 aromatic carbocycles. The van der Waals surface area contributed by atoms with Crippen LogP contribution in [0.15, 0.2) is 59.7 Å². The van der Waals surface area contributed by atoms with Gasteiger partial charge in [-0.2, -0.15) is 0 Å². The van der Waals surface area contributed by atoms with E-state index in [9.17, 15) is 5.53 Å². The van der Waals surface area contributed by atoms with Crippen molar-refractivity contribution in [3.8, 4) is 0 Å². The third kappa shape index (κ3) is 51.6. The minimum absolute atomic E-state index is 0.902. The van der Waals surface area contributed by atoms with E-state index in [1.807, 2.05) is 0 Å². The zero-order valence-corrected chi connectivity index (χ0v) is 60.0. The second kappa shape index (κ2) is 67.2. The molecule has 500 valence electrons. The molecule has 0 spiro atoms. The molecule has 0 fully saturated rings. The Balaban J connectivity index is 0.000000891. The van der Waals surface area contributed by atoms with Crippen LogP contribution < -0.4 is 0 Å². The van der Waals surface area contributed by atoms with Crippen molar-refractivity contribution in [2.24, 2.45) is 0 Å². The smallest absolute Gasteiger partial charge is 0.0654 e. The Labute approximate surface area is 546 Å². The predicted molar refractivity (Wildman–Crippen MR) is 385 cm³/mol. The second-order valence-corrected chi connectivity index (χ2v) is 28.2. The summed E-state index contributed by atoms with van der Waals surface area (Å²) in [4.78, 5) is 3.44. The van der Waals surface area contributed by atoms with Crippen molar-refractivity contribution in [2.45, 2.75) is 431 Å². The molecule has 86 heavy (non-hydrogen) atoms. The summed E-state index contributed by atoms with van der Waals surface area (Å²) in [5.74, 6) is 3.03. The van der Waals surface area contributed by atoms with Gasteiger partial charge in [-0.15, -0.1) is 4.79 Å². The summed E-state index contributed by atoms with van der Waals surface area (Å²) in [5.41, 5.74) is 18.6. The molecular formula is C83H148N2Ni. The number of nitrogens with zero attached hydrogens (tertiary/aromatic N) is 2. The summed E-state index contributed by atoms with van der Waals surface area (Å²) in [7, 11) is 0. The Morgan fingerprint density at radius 1 is 0.314 bits per heavy atom. The van der Waals surface area contributed by atoms with E-state index in [-0.39, 0.29) is 0 Å². The van der Waals surface area contributed by atoms with Gasteiger partial charge in [0.1, 0.15) is 0 Å². The summed E-state index contributed by atoms with van der Waals surface area (Å²) in [5, 5.41) is 2.87. The minimum Gasteiger partial charge on any atom is -0.0654 e. The molecule has 0 atom stereocenters. The van der Waals surface area contributed by atoms with Gasteiger partial charge in [0.05, 0.1) is 5.57 Å². The molecule has 0 aliphatic heterocycles. The quantitative estimate of drug-likeness (QED) is 0.0158. The van der Waals surface area contributed by atoms with Gasteiger partial charge in [0.15, 0.2) is 0 Å². The summed E-state index contributed by atoms with van der Waals surface area (Å²) in [6, 6.07) is 18.4. The molecule has 2 aromatic rings. The van der Waals surface area contributed by atoms with E-state index in [4.69, 9.17) is 0 Å². The van der Waals surface area contributed by atoms with Crippen LogP contribution in [0.1, 0.15) is 430 Å². The normalized spacial score (nSPS) is 11.7. The van der Waals surface area contributed by atoms with E-state index < -0.39 is 0 Å².